The van der Waals surface area contributed by atoms with Crippen LogP contribution in [-0.2, 0) is 16.1 Å². The molecular weight excluding hydrogens is 917 g/mol. The number of fused-ring (bicyclic) bond motifs is 10. The number of H-pyrrole nitrogens is 1. The molecule has 0 saturated heterocycles. The standard InChI is InChI=1S/C28H44N2O3.C22H35BrO2.C6H10N2O.CH4/c1-18(2)33-20-15-29-30(16-20)17-25(31)24-9-8-22-21-7-6-19-14-26(3,32)12-13-27(19,4)23(21)10-11-28(22,24)5;1-20(25)10-11-21(2)14(12-20)4-5-15-16-6-7-18(19(24)13-23)22(16,3)9-8-17(15)21;1-5(2)9-6-3-7-8-4-6;/h15-16,18-19,21-24,32H,6-14,17H2,1-5H3;14-18,25H,4-13H2,1-3H3;3-5H,1-2H3,(H,7,8);1H4/t19-,21-,22-,23-,24+,26+,27-,28-;14-,15-,16-,17-,18+,20+,21-,22-;;/m00../s1. The molecule has 3 N–H and O–H groups in total. The van der Waals surface area contributed by atoms with Gasteiger partial charge in [-0.1, -0.05) is 51.1 Å². The maximum absolute atomic E-state index is 13.5. The van der Waals surface area contributed by atoms with Gasteiger partial charge in [-0.05, 0) is 226 Å². The third-order valence-corrected chi connectivity index (χ3v) is 21.5. The van der Waals surface area contributed by atoms with Crippen LogP contribution in [0.1, 0.15) is 192 Å². The van der Waals surface area contributed by atoms with Crippen molar-refractivity contribution in [3.05, 3.63) is 24.8 Å². The van der Waals surface area contributed by atoms with Gasteiger partial charge in [-0.3, -0.25) is 19.4 Å². The minimum Gasteiger partial charge on any atom is -0.488 e. The molecule has 0 aliphatic heterocycles. The lowest BCUT2D eigenvalue weighted by Crippen LogP contribution is -2.55. The molecule has 2 aromatic heterocycles. The van der Waals surface area contributed by atoms with E-state index < -0.39 is 11.2 Å². The van der Waals surface area contributed by atoms with Crippen molar-refractivity contribution >= 4 is 27.5 Å². The zero-order valence-corrected chi connectivity index (χ0v) is 44.7. The summed E-state index contributed by atoms with van der Waals surface area (Å²) < 4.78 is 12.7. The maximum Gasteiger partial charge on any atom is 0.157 e. The molecule has 8 aliphatic rings. The predicted octanol–water partition coefficient (Wildman–Crippen LogP) is 12.8. The number of aromatic amines is 1. The number of carbonyl (C=O) groups is 2. The fraction of sp³-hybridized carbons (Fsp3) is 0.860. The van der Waals surface area contributed by atoms with E-state index in [0.717, 1.165) is 86.0 Å². The van der Waals surface area contributed by atoms with Gasteiger partial charge in [0.25, 0.3) is 0 Å². The summed E-state index contributed by atoms with van der Waals surface area (Å²) in [7, 11) is 0. The average molecular weight is 1010 g/mol. The summed E-state index contributed by atoms with van der Waals surface area (Å²) in [6, 6.07) is 0. The van der Waals surface area contributed by atoms with E-state index >= 15 is 0 Å². The molecule has 2 aromatic rings. The molecule has 10 rings (SSSR count). The molecular formula is C57H93BrN4O6. The molecule has 8 saturated carbocycles. The Kier molecular flexibility index (Phi) is 16.0. The van der Waals surface area contributed by atoms with Gasteiger partial charge in [0, 0.05) is 11.8 Å². The molecule has 384 valence electrons. The van der Waals surface area contributed by atoms with Crippen LogP contribution >= 0.6 is 15.9 Å². The minimum absolute atomic E-state index is 0. The summed E-state index contributed by atoms with van der Waals surface area (Å²) in [5.41, 5.74) is 0.250. The molecule has 11 heteroatoms. The Labute approximate surface area is 419 Å². The van der Waals surface area contributed by atoms with Crippen molar-refractivity contribution in [3.63, 3.8) is 0 Å². The highest BCUT2D eigenvalue weighted by atomic mass is 79.9. The monoisotopic (exact) mass is 1010 g/mol. The molecule has 0 unspecified atom stereocenters. The molecule has 2 heterocycles. The van der Waals surface area contributed by atoms with Crippen LogP contribution in [0.25, 0.3) is 0 Å². The van der Waals surface area contributed by atoms with Gasteiger partial charge in [0.2, 0.25) is 0 Å². The number of alkyl halides is 1. The molecule has 10 nitrogen and oxygen atoms in total. The van der Waals surface area contributed by atoms with E-state index in [1.807, 2.05) is 47.7 Å². The predicted molar refractivity (Wildman–Crippen MR) is 275 cm³/mol. The highest BCUT2D eigenvalue weighted by molar-refractivity contribution is 9.09. The summed E-state index contributed by atoms with van der Waals surface area (Å²) in [4.78, 5) is 26.0. The number of hydrogen-bond donors (Lipinski definition) is 3. The lowest BCUT2D eigenvalue weighted by molar-refractivity contribution is -0.151. The quantitative estimate of drug-likeness (QED) is 0.211. The van der Waals surface area contributed by atoms with Crippen LogP contribution in [0, 0.1) is 80.8 Å². The van der Waals surface area contributed by atoms with Gasteiger partial charge in [-0.25, -0.2) is 0 Å². The number of aromatic nitrogens is 4. The van der Waals surface area contributed by atoms with Gasteiger partial charge in [0.05, 0.1) is 60.1 Å². The van der Waals surface area contributed by atoms with Gasteiger partial charge in [-0.2, -0.15) is 10.2 Å². The first-order valence-corrected chi connectivity index (χ1v) is 28.0. The first-order chi connectivity index (χ1) is 31.5. The number of nitrogens with zero attached hydrogens (tertiary/aromatic N) is 3. The molecule has 68 heavy (non-hydrogen) atoms. The van der Waals surface area contributed by atoms with E-state index in [1.165, 1.54) is 70.6 Å². The van der Waals surface area contributed by atoms with Gasteiger partial charge in [0.1, 0.15) is 5.78 Å². The number of rotatable bonds is 9. The number of nitrogens with one attached hydrogen (secondary N) is 1. The number of halogens is 1. The largest absolute Gasteiger partial charge is 0.488 e. The van der Waals surface area contributed by atoms with Crippen molar-refractivity contribution in [2.24, 2.45) is 80.8 Å². The van der Waals surface area contributed by atoms with Crippen LogP contribution in [0.5, 0.6) is 11.5 Å². The summed E-state index contributed by atoms with van der Waals surface area (Å²) in [5.74, 6) is 8.70. The Bertz CT molecular complexity index is 2020. The van der Waals surface area contributed by atoms with Gasteiger partial charge in [0.15, 0.2) is 17.3 Å². The van der Waals surface area contributed by atoms with Crippen LogP contribution in [0.3, 0.4) is 0 Å². The highest BCUT2D eigenvalue weighted by Crippen LogP contribution is 2.70. The number of ketones is 2. The van der Waals surface area contributed by atoms with E-state index in [1.54, 1.807) is 23.3 Å². The Morgan fingerprint density at radius 1 is 0.647 bits per heavy atom. The third-order valence-electron chi connectivity index (χ3n) is 21.0. The summed E-state index contributed by atoms with van der Waals surface area (Å²) in [6.45, 7) is 22.4. The Hall–Kier alpha value is -2.24. The molecule has 0 bridgehead atoms. The van der Waals surface area contributed by atoms with Crippen LogP contribution in [0.2, 0.25) is 0 Å². The molecule has 0 radical (unpaired) electrons. The smallest absolute Gasteiger partial charge is 0.157 e. The second kappa shape index (κ2) is 20.3. The van der Waals surface area contributed by atoms with E-state index in [-0.39, 0.29) is 42.3 Å². The average Bonchev–Trinajstić information content (AvgIpc) is 4.07. The second-order valence-electron chi connectivity index (χ2n) is 25.8. The van der Waals surface area contributed by atoms with Gasteiger partial charge in [-0.15, -0.1) is 0 Å². The molecule has 0 aromatic carbocycles. The Morgan fingerprint density at radius 3 is 1.57 bits per heavy atom. The second-order valence-corrected chi connectivity index (χ2v) is 26.3. The van der Waals surface area contributed by atoms with Gasteiger partial charge >= 0.3 is 0 Å². The van der Waals surface area contributed by atoms with Crippen LogP contribution in [0.15, 0.2) is 24.8 Å². The zero-order valence-electron chi connectivity index (χ0n) is 43.1. The molecule has 8 fully saturated rings. The fourth-order valence-corrected chi connectivity index (χ4v) is 18.0. The lowest BCUT2D eigenvalue weighted by Gasteiger charge is -2.61. The number of aliphatic hydroxyl groups is 2. The Morgan fingerprint density at radius 2 is 1.12 bits per heavy atom. The first-order valence-electron chi connectivity index (χ1n) is 26.9. The Balaban J connectivity index is 0.000000172. The van der Waals surface area contributed by atoms with Crippen molar-refractivity contribution in [1.29, 1.82) is 0 Å². The normalized spacial score (nSPS) is 43.3. The van der Waals surface area contributed by atoms with E-state index in [0.29, 0.717) is 52.0 Å². The number of Topliss-reactive ketones (excluding diaryl/α,β-unsaturated/α-hetero) is 2. The minimum atomic E-state index is -0.475. The first kappa shape index (κ1) is 53.6. The summed E-state index contributed by atoms with van der Waals surface area (Å²) >= 11 is 3.43. The van der Waals surface area contributed by atoms with Crippen molar-refractivity contribution < 1.29 is 29.3 Å². The molecule has 0 spiro atoms. The topological polar surface area (TPSA) is 140 Å². The molecule has 0 amide bonds. The number of carbonyl (C=O) groups excluding carboxylic acids is 2. The van der Waals surface area contributed by atoms with Gasteiger partial charge < -0.3 is 19.7 Å². The summed E-state index contributed by atoms with van der Waals surface area (Å²) in [5, 5.41) is 32.6. The van der Waals surface area contributed by atoms with Crippen LogP contribution < -0.4 is 9.47 Å². The highest BCUT2D eigenvalue weighted by Gasteiger charge is 2.63. The lowest BCUT2D eigenvalue weighted by atomic mass is 9.44. The third kappa shape index (κ3) is 10.4. The van der Waals surface area contributed by atoms with Crippen molar-refractivity contribution in [2.45, 2.75) is 222 Å². The van der Waals surface area contributed by atoms with E-state index in [4.69, 9.17) is 9.47 Å². The van der Waals surface area contributed by atoms with E-state index in [9.17, 15) is 19.8 Å². The fourth-order valence-electron chi connectivity index (χ4n) is 17.6. The molecule has 16 atom stereocenters. The maximum atomic E-state index is 13.5. The van der Waals surface area contributed by atoms with Crippen LogP contribution in [0.4, 0.5) is 0 Å². The number of hydrogen-bond acceptors (Lipinski definition) is 8. The van der Waals surface area contributed by atoms with E-state index in [2.05, 4.69) is 58.9 Å². The SMILES string of the molecule is C.CC(C)Oc1cn[nH]c1.CC(C)Oc1cnn(CC(=O)[C@H]2CC[C@H]3[C@@H]4CC[C@H]5C[C@](C)(O)CC[C@]5(C)[C@H]4CC[C@]23C)c1.C[C@@]1(O)CC[C@@]2(C)[C@@H](CC[C@@H]3[C@@H]2CC[C@]2(C)[C@@H](C(=O)CBr)CC[C@@H]32)C1. The zero-order chi connectivity index (χ0) is 48.3. The van der Waals surface area contributed by atoms with Crippen molar-refractivity contribution in [2.75, 3.05) is 5.33 Å². The number of ether oxygens (including phenoxy) is 2. The van der Waals surface area contributed by atoms with Crippen LogP contribution in [-0.4, -0.2) is 70.5 Å². The van der Waals surface area contributed by atoms with Crippen molar-refractivity contribution in [1.82, 2.24) is 20.0 Å². The van der Waals surface area contributed by atoms with Crippen molar-refractivity contribution in [3.8, 4) is 11.5 Å². The summed E-state index contributed by atoms with van der Waals surface area (Å²) in [6.07, 6.45) is 28.3. The molecule has 8 aliphatic carbocycles.